The van der Waals surface area contributed by atoms with Crippen molar-refractivity contribution in [1.29, 1.82) is 0 Å². The molecule has 2 aliphatic heterocycles. The average Bonchev–Trinajstić information content (AvgIpc) is 3.80. The topological polar surface area (TPSA) is 164 Å². The third-order valence-corrected chi connectivity index (χ3v) is 10.4. The van der Waals surface area contributed by atoms with Gasteiger partial charge in [-0.25, -0.2) is 9.97 Å². The van der Waals surface area contributed by atoms with Crippen molar-refractivity contribution in [2.45, 2.75) is 57.2 Å². The Labute approximate surface area is 304 Å². The number of fused-ring (bicyclic) bond motifs is 3. The molecule has 1 aliphatic carbocycles. The van der Waals surface area contributed by atoms with E-state index < -0.39 is 35.2 Å². The Morgan fingerprint density at radius 2 is 1.79 bits per heavy atom. The molecule has 6 heterocycles. The molecule has 0 unspecified atom stereocenters. The number of aromatic nitrogens is 7. The standard InChI is InChI=1S/C35H32ClF3N10O4/c1-17-13-25(31(51)43-23-6-5-21(15-22(23)36)35(37,38)39)48-27(17)28(46-9-11-47(12-10-46)32(52)26-29(50)18(2)41-16-42-26)33(53)49-34(48)44-30(45-49)20-7-8-40-24(14-20)19-3-4-19/h5-8,14-17,19,25,50H,3-4,9-13H2,1-2H3,(H,43,51)/t17-,25-/m1/s1. The van der Waals surface area contributed by atoms with Gasteiger partial charge in [0.1, 0.15) is 18.1 Å². The predicted octanol–water partition coefficient (Wildman–Crippen LogP) is 4.96. The SMILES string of the molecule is Cc1ncnc(C(=O)N2CCN(c3c4n(c5nc(-c6ccnc(C7CC7)c6)nn5c3=O)[C@@H](C(=O)Nc3ccc(C(F)(F)F)cc3Cl)C[C@H]4C)CC2)c1O. The largest absolute Gasteiger partial charge is 0.504 e. The van der Waals surface area contributed by atoms with Crippen molar-refractivity contribution < 1.29 is 27.9 Å². The first-order valence-corrected chi connectivity index (χ1v) is 17.4. The van der Waals surface area contributed by atoms with Crippen molar-refractivity contribution in [3.63, 3.8) is 0 Å². The Balaban J connectivity index is 1.18. The number of rotatable bonds is 6. The molecule has 14 nitrogen and oxygen atoms in total. The number of halogens is 4. The summed E-state index contributed by atoms with van der Waals surface area (Å²) < 4.78 is 42.8. The van der Waals surface area contributed by atoms with E-state index in [0.717, 1.165) is 36.7 Å². The van der Waals surface area contributed by atoms with Gasteiger partial charge in [-0.1, -0.05) is 18.5 Å². The zero-order chi connectivity index (χ0) is 37.3. The molecule has 274 valence electrons. The second-order valence-electron chi connectivity index (χ2n) is 13.6. The minimum Gasteiger partial charge on any atom is -0.504 e. The summed E-state index contributed by atoms with van der Waals surface area (Å²) in [4.78, 5) is 62.4. The van der Waals surface area contributed by atoms with Gasteiger partial charge in [0.2, 0.25) is 11.7 Å². The van der Waals surface area contributed by atoms with Crippen LogP contribution in [0.25, 0.3) is 17.2 Å². The predicted molar refractivity (Wildman–Crippen MR) is 186 cm³/mol. The number of anilines is 2. The maximum atomic E-state index is 14.5. The average molecular weight is 749 g/mol. The summed E-state index contributed by atoms with van der Waals surface area (Å²) in [5.41, 5.74) is 1.15. The Morgan fingerprint density at radius 3 is 2.49 bits per heavy atom. The van der Waals surface area contributed by atoms with E-state index in [2.05, 4.69) is 25.4 Å². The van der Waals surface area contributed by atoms with Crippen LogP contribution in [0.1, 0.15) is 77.2 Å². The molecule has 3 aliphatic rings. The van der Waals surface area contributed by atoms with Crippen molar-refractivity contribution in [3.8, 4) is 17.1 Å². The van der Waals surface area contributed by atoms with Crippen LogP contribution in [0.4, 0.5) is 24.5 Å². The smallest absolute Gasteiger partial charge is 0.416 e. The first-order valence-electron chi connectivity index (χ1n) is 17.0. The fourth-order valence-electron chi connectivity index (χ4n) is 7.11. The van der Waals surface area contributed by atoms with E-state index in [4.69, 9.17) is 16.6 Å². The van der Waals surface area contributed by atoms with Crippen LogP contribution >= 0.6 is 11.6 Å². The Bertz CT molecular complexity index is 2370. The van der Waals surface area contributed by atoms with Crippen LogP contribution in [0.15, 0.2) is 47.7 Å². The summed E-state index contributed by atoms with van der Waals surface area (Å²) in [6, 6.07) is 5.41. The molecule has 2 atom stereocenters. The van der Waals surface area contributed by atoms with E-state index in [1.54, 1.807) is 23.8 Å². The zero-order valence-corrected chi connectivity index (χ0v) is 29.2. The maximum absolute atomic E-state index is 14.5. The first-order chi connectivity index (χ1) is 25.3. The molecule has 53 heavy (non-hydrogen) atoms. The van der Waals surface area contributed by atoms with Gasteiger partial charge in [0.15, 0.2) is 17.3 Å². The van der Waals surface area contributed by atoms with Gasteiger partial charge in [-0.3, -0.25) is 23.9 Å². The lowest BCUT2D eigenvalue weighted by Crippen LogP contribution is -2.51. The second-order valence-corrected chi connectivity index (χ2v) is 14.0. The normalized spacial score (nSPS) is 18.8. The van der Waals surface area contributed by atoms with Crippen LogP contribution in [0.5, 0.6) is 5.75 Å². The summed E-state index contributed by atoms with van der Waals surface area (Å²) in [6.07, 6.45) is 0.568. The zero-order valence-electron chi connectivity index (χ0n) is 28.4. The number of nitrogens with one attached hydrogen (secondary N) is 1. The highest BCUT2D eigenvalue weighted by Gasteiger charge is 2.41. The van der Waals surface area contributed by atoms with Gasteiger partial charge in [-0.2, -0.15) is 22.7 Å². The summed E-state index contributed by atoms with van der Waals surface area (Å²) in [5, 5.41) is 17.5. The molecule has 1 aromatic carbocycles. The van der Waals surface area contributed by atoms with Crippen molar-refractivity contribution in [2.24, 2.45) is 0 Å². The molecular weight excluding hydrogens is 717 g/mol. The molecule has 2 N–H and O–H groups in total. The lowest BCUT2D eigenvalue weighted by Gasteiger charge is -2.36. The Morgan fingerprint density at radius 1 is 1.04 bits per heavy atom. The third kappa shape index (κ3) is 6.11. The van der Waals surface area contributed by atoms with E-state index in [1.165, 1.54) is 15.7 Å². The highest BCUT2D eigenvalue weighted by atomic mass is 35.5. The lowest BCUT2D eigenvalue weighted by atomic mass is 10.0. The first kappa shape index (κ1) is 34.5. The minimum absolute atomic E-state index is 0.000289. The number of piperazine rings is 1. The number of benzene rings is 1. The monoisotopic (exact) mass is 748 g/mol. The fraction of sp³-hybridized carbons (Fsp3) is 0.371. The van der Waals surface area contributed by atoms with Crippen molar-refractivity contribution >= 4 is 40.6 Å². The molecule has 4 aromatic heterocycles. The molecule has 1 saturated carbocycles. The van der Waals surface area contributed by atoms with Gasteiger partial charge in [-0.05, 0) is 56.5 Å². The summed E-state index contributed by atoms with van der Waals surface area (Å²) >= 11 is 6.21. The number of hydrogen-bond acceptors (Lipinski definition) is 10. The maximum Gasteiger partial charge on any atom is 0.416 e. The fourth-order valence-corrected chi connectivity index (χ4v) is 7.33. The highest BCUT2D eigenvalue weighted by molar-refractivity contribution is 6.33. The van der Waals surface area contributed by atoms with E-state index in [1.807, 2.05) is 17.9 Å². The molecule has 1 saturated heterocycles. The molecule has 0 spiro atoms. The number of pyridine rings is 1. The van der Waals surface area contributed by atoms with Crippen LogP contribution < -0.4 is 15.8 Å². The van der Waals surface area contributed by atoms with Gasteiger partial charge in [-0.15, -0.1) is 5.10 Å². The van der Waals surface area contributed by atoms with Gasteiger partial charge < -0.3 is 20.2 Å². The molecular formula is C35H32ClF3N10O4. The number of alkyl halides is 3. The number of aromatic hydroxyl groups is 1. The molecule has 0 bridgehead atoms. The van der Waals surface area contributed by atoms with Gasteiger partial charge in [0, 0.05) is 55.5 Å². The van der Waals surface area contributed by atoms with E-state index in [-0.39, 0.29) is 78.0 Å². The van der Waals surface area contributed by atoms with Crippen molar-refractivity contribution in [1.82, 2.24) is 39.0 Å². The third-order valence-electron chi connectivity index (χ3n) is 10.0. The van der Waals surface area contributed by atoms with E-state index in [0.29, 0.717) is 22.9 Å². The molecule has 2 amide bonds. The number of aryl methyl sites for hydroxylation is 1. The lowest BCUT2D eigenvalue weighted by molar-refractivity contribution is -0.137. The van der Waals surface area contributed by atoms with E-state index in [9.17, 15) is 32.7 Å². The number of carbonyl (C=O) groups is 2. The highest BCUT2D eigenvalue weighted by Crippen LogP contribution is 2.43. The Kier molecular flexibility index (Phi) is 8.35. The summed E-state index contributed by atoms with van der Waals surface area (Å²) in [5.74, 6) is -0.930. The number of hydrogen-bond donors (Lipinski definition) is 2. The van der Waals surface area contributed by atoms with Gasteiger partial charge >= 0.3 is 6.18 Å². The summed E-state index contributed by atoms with van der Waals surface area (Å²) in [6.45, 7) is 4.33. The van der Waals surface area contributed by atoms with Crippen LogP contribution in [0, 0.1) is 6.92 Å². The molecule has 5 aromatic rings. The second kappa shape index (κ2) is 12.8. The quantitative estimate of drug-likeness (QED) is 0.243. The van der Waals surface area contributed by atoms with Crippen LogP contribution in [0.2, 0.25) is 5.02 Å². The number of carbonyl (C=O) groups excluding carboxylic acids is 2. The number of amides is 2. The molecule has 2 fully saturated rings. The Hall–Kier alpha value is -5.58. The number of nitrogens with zero attached hydrogens (tertiary/aromatic N) is 9. The summed E-state index contributed by atoms with van der Waals surface area (Å²) in [7, 11) is 0. The van der Waals surface area contributed by atoms with Crippen LogP contribution in [-0.4, -0.2) is 82.1 Å². The van der Waals surface area contributed by atoms with E-state index >= 15 is 0 Å². The minimum atomic E-state index is -4.62. The van der Waals surface area contributed by atoms with Crippen LogP contribution in [-0.2, 0) is 11.0 Å². The molecule has 0 radical (unpaired) electrons. The van der Waals surface area contributed by atoms with Crippen LogP contribution in [0.3, 0.4) is 0 Å². The van der Waals surface area contributed by atoms with Gasteiger partial charge in [0.05, 0.1) is 27.7 Å². The van der Waals surface area contributed by atoms with Crippen molar-refractivity contribution in [3.05, 3.63) is 86.6 Å². The molecule has 8 rings (SSSR count). The molecule has 18 heteroatoms. The van der Waals surface area contributed by atoms with Crippen molar-refractivity contribution in [2.75, 3.05) is 36.4 Å². The van der Waals surface area contributed by atoms with Gasteiger partial charge in [0.25, 0.3) is 11.5 Å².